The second-order valence-corrected chi connectivity index (χ2v) is 4.72. The van der Waals surface area contributed by atoms with Crippen molar-refractivity contribution in [2.75, 3.05) is 20.3 Å². The van der Waals surface area contributed by atoms with Crippen LogP contribution in [0.25, 0.3) is 0 Å². The zero-order valence-electron chi connectivity index (χ0n) is 12.2. The van der Waals surface area contributed by atoms with Crippen LogP contribution >= 0.6 is 0 Å². The molecule has 0 radical (unpaired) electrons. The predicted molar refractivity (Wildman–Crippen MR) is 77.4 cm³/mol. The third-order valence-corrected chi connectivity index (χ3v) is 3.16. The molecule has 110 valence electrons. The lowest BCUT2D eigenvalue weighted by Crippen LogP contribution is -2.21. The molecule has 20 heavy (non-hydrogen) atoms. The molecule has 2 rings (SSSR count). The standard InChI is InChI=1S/C14H23N5O/c1-3-6-19-12-16-9-13(19)11-18-7-4-17-14(18)10-15-5-8-20-2/h4,7,9,12,15H,3,5-6,8,10-11H2,1-2H3. The van der Waals surface area contributed by atoms with Crippen LogP contribution in [-0.2, 0) is 24.4 Å². The summed E-state index contributed by atoms with van der Waals surface area (Å²) >= 11 is 0. The quantitative estimate of drug-likeness (QED) is 0.701. The Bertz CT molecular complexity index is 505. The predicted octanol–water partition coefficient (Wildman–Crippen LogP) is 1.27. The van der Waals surface area contributed by atoms with E-state index < -0.39 is 0 Å². The average molecular weight is 277 g/mol. The molecule has 1 N–H and O–H groups in total. The lowest BCUT2D eigenvalue weighted by atomic mass is 10.4. The molecule has 0 aliphatic rings. The molecule has 2 aromatic rings. The highest BCUT2D eigenvalue weighted by Crippen LogP contribution is 2.06. The van der Waals surface area contributed by atoms with E-state index in [9.17, 15) is 0 Å². The van der Waals surface area contributed by atoms with Gasteiger partial charge in [0.05, 0.1) is 31.7 Å². The molecule has 0 aliphatic heterocycles. The van der Waals surface area contributed by atoms with Crippen molar-refractivity contribution in [1.29, 1.82) is 0 Å². The van der Waals surface area contributed by atoms with E-state index in [0.29, 0.717) is 6.61 Å². The SMILES string of the molecule is CCCn1cncc1Cn1ccnc1CNCCOC. The van der Waals surface area contributed by atoms with Gasteiger partial charge in [0.25, 0.3) is 0 Å². The highest BCUT2D eigenvalue weighted by Gasteiger charge is 2.06. The summed E-state index contributed by atoms with van der Waals surface area (Å²) in [5.74, 6) is 1.03. The topological polar surface area (TPSA) is 56.9 Å². The van der Waals surface area contributed by atoms with E-state index in [1.807, 2.05) is 24.9 Å². The second kappa shape index (κ2) is 7.81. The number of aromatic nitrogens is 4. The van der Waals surface area contributed by atoms with Crippen molar-refractivity contribution >= 4 is 0 Å². The van der Waals surface area contributed by atoms with Crippen molar-refractivity contribution in [3.8, 4) is 0 Å². The molecular weight excluding hydrogens is 254 g/mol. The highest BCUT2D eigenvalue weighted by atomic mass is 16.5. The van der Waals surface area contributed by atoms with Gasteiger partial charge in [0.15, 0.2) is 0 Å². The fraction of sp³-hybridized carbons (Fsp3) is 0.571. The molecule has 0 amide bonds. The first-order valence-electron chi connectivity index (χ1n) is 7.03. The number of hydrogen-bond acceptors (Lipinski definition) is 4. The Morgan fingerprint density at radius 1 is 1.35 bits per heavy atom. The van der Waals surface area contributed by atoms with Crippen LogP contribution in [0.5, 0.6) is 0 Å². The van der Waals surface area contributed by atoms with E-state index in [-0.39, 0.29) is 0 Å². The van der Waals surface area contributed by atoms with Gasteiger partial charge in [-0.25, -0.2) is 9.97 Å². The van der Waals surface area contributed by atoms with Crippen molar-refractivity contribution in [3.63, 3.8) is 0 Å². The lowest BCUT2D eigenvalue weighted by Gasteiger charge is -2.11. The first-order chi connectivity index (χ1) is 9.85. The molecule has 2 aromatic heterocycles. The fourth-order valence-corrected chi connectivity index (χ4v) is 2.12. The number of methoxy groups -OCH3 is 1. The zero-order valence-corrected chi connectivity index (χ0v) is 12.2. The second-order valence-electron chi connectivity index (χ2n) is 4.72. The van der Waals surface area contributed by atoms with Gasteiger partial charge in [-0.05, 0) is 6.42 Å². The number of nitrogens with one attached hydrogen (secondary N) is 1. The molecule has 0 saturated carbocycles. The van der Waals surface area contributed by atoms with Crippen molar-refractivity contribution in [1.82, 2.24) is 24.4 Å². The van der Waals surface area contributed by atoms with Crippen LogP contribution in [0.1, 0.15) is 24.9 Å². The minimum absolute atomic E-state index is 0.712. The third kappa shape index (κ3) is 3.91. The Balaban J connectivity index is 1.95. The Labute approximate surface area is 119 Å². The van der Waals surface area contributed by atoms with E-state index >= 15 is 0 Å². The van der Waals surface area contributed by atoms with Crippen molar-refractivity contribution < 1.29 is 4.74 Å². The number of ether oxygens (including phenoxy) is 1. The zero-order chi connectivity index (χ0) is 14.2. The molecule has 0 bridgehead atoms. The van der Waals surface area contributed by atoms with Crippen LogP contribution in [0.2, 0.25) is 0 Å². The third-order valence-electron chi connectivity index (χ3n) is 3.16. The van der Waals surface area contributed by atoms with Gasteiger partial charge in [-0.2, -0.15) is 0 Å². The van der Waals surface area contributed by atoms with Crippen LogP contribution in [0, 0.1) is 0 Å². The van der Waals surface area contributed by atoms with Crippen molar-refractivity contribution in [2.24, 2.45) is 0 Å². The van der Waals surface area contributed by atoms with Gasteiger partial charge in [-0.3, -0.25) is 0 Å². The van der Waals surface area contributed by atoms with Crippen molar-refractivity contribution in [3.05, 3.63) is 36.4 Å². The van der Waals surface area contributed by atoms with Crippen LogP contribution in [0.3, 0.4) is 0 Å². The van der Waals surface area contributed by atoms with E-state index in [0.717, 1.165) is 38.4 Å². The summed E-state index contributed by atoms with van der Waals surface area (Å²) < 4.78 is 9.37. The number of nitrogens with zero attached hydrogens (tertiary/aromatic N) is 4. The van der Waals surface area contributed by atoms with Gasteiger partial charge in [0, 0.05) is 38.8 Å². The van der Waals surface area contributed by atoms with Crippen LogP contribution in [-0.4, -0.2) is 39.4 Å². The summed E-state index contributed by atoms with van der Waals surface area (Å²) in [6.07, 6.45) is 8.78. The maximum atomic E-state index is 5.02. The summed E-state index contributed by atoms with van der Waals surface area (Å²) in [4.78, 5) is 8.63. The summed E-state index contributed by atoms with van der Waals surface area (Å²) in [5.41, 5.74) is 1.21. The molecule has 2 heterocycles. The molecule has 6 nitrogen and oxygen atoms in total. The number of imidazole rings is 2. The van der Waals surface area contributed by atoms with Crippen LogP contribution in [0.4, 0.5) is 0 Å². The van der Waals surface area contributed by atoms with E-state index in [1.165, 1.54) is 5.69 Å². The summed E-state index contributed by atoms with van der Waals surface area (Å²) in [6.45, 7) is 6.28. The fourth-order valence-electron chi connectivity index (χ4n) is 2.12. The molecule has 0 spiro atoms. The molecule has 6 heteroatoms. The van der Waals surface area contributed by atoms with Gasteiger partial charge < -0.3 is 19.2 Å². The lowest BCUT2D eigenvalue weighted by molar-refractivity contribution is 0.199. The maximum Gasteiger partial charge on any atom is 0.123 e. The Morgan fingerprint density at radius 3 is 3.05 bits per heavy atom. The van der Waals surface area contributed by atoms with Crippen LogP contribution in [0.15, 0.2) is 24.9 Å². The van der Waals surface area contributed by atoms with Gasteiger partial charge >= 0.3 is 0 Å². The maximum absolute atomic E-state index is 5.02. The summed E-state index contributed by atoms with van der Waals surface area (Å²) in [5, 5.41) is 3.32. The van der Waals surface area contributed by atoms with Gasteiger partial charge in [-0.1, -0.05) is 6.92 Å². The Morgan fingerprint density at radius 2 is 2.25 bits per heavy atom. The van der Waals surface area contributed by atoms with Gasteiger partial charge in [0.2, 0.25) is 0 Å². The average Bonchev–Trinajstić information content (AvgIpc) is 3.06. The molecule has 0 atom stereocenters. The number of rotatable bonds is 9. The van der Waals surface area contributed by atoms with E-state index in [4.69, 9.17) is 4.74 Å². The molecule has 0 unspecified atom stereocenters. The smallest absolute Gasteiger partial charge is 0.123 e. The molecule has 0 saturated heterocycles. The van der Waals surface area contributed by atoms with E-state index in [1.54, 1.807) is 7.11 Å². The molecule has 0 fully saturated rings. The summed E-state index contributed by atoms with van der Waals surface area (Å²) in [7, 11) is 1.71. The van der Waals surface area contributed by atoms with Crippen molar-refractivity contribution in [2.45, 2.75) is 33.0 Å². The first kappa shape index (κ1) is 14.7. The molecular formula is C14H23N5O. The van der Waals surface area contributed by atoms with Crippen LogP contribution < -0.4 is 5.32 Å². The largest absolute Gasteiger partial charge is 0.383 e. The first-order valence-corrected chi connectivity index (χ1v) is 7.03. The van der Waals surface area contributed by atoms with E-state index in [2.05, 4.69) is 31.3 Å². The highest BCUT2D eigenvalue weighted by molar-refractivity contribution is 5.03. The Kier molecular flexibility index (Phi) is 5.76. The molecule has 0 aliphatic carbocycles. The summed E-state index contributed by atoms with van der Waals surface area (Å²) in [6, 6.07) is 0. The minimum Gasteiger partial charge on any atom is -0.383 e. The molecule has 0 aromatic carbocycles. The monoisotopic (exact) mass is 277 g/mol. The van der Waals surface area contributed by atoms with Gasteiger partial charge in [0.1, 0.15) is 5.82 Å². The normalized spacial score (nSPS) is 11.1. The Hall–Kier alpha value is -1.66. The minimum atomic E-state index is 0.712. The number of aryl methyl sites for hydroxylation is 1. The number of hydrogen-bond donors (Lipinski definition) is 1. The van der Waals surface area contributed by atoms with Gasteiger partial charge in [-0.15, -0.1) is 0 Å².